The molecule has 164 valence electrons. The molecule has 0 fully saturated rings. The van der Waals surface area contributed by atoms with E-state index in [0.29, 0.717) is 17.1 Å². The highest BCUT2D eigenvalue weighted by molar-refractivity contribution is 7.03. The van der Waals surface area contributed by atoms with Crippen LogP contribution in [0.2, 0.25) is 0 Å². The summed E-state index contributed by atoms with van der Waals surface area (Å²) in [5.41, 5.74) is 0.722. The Bertz CT molecular complexity index is 1040. The first kappa shape index (κ1) is 22.1. The van der Waals surface area contributed by atoms with Crippen LogP contribution in [0.3, 0.4) is 0 Å². The van der Waals surface area contributed by atoms with Crippen LogP contribution in [0.4, 0.5) is 0 Å². The average Bonchev–Trinajstić information content (AvgIpc) is 3.37. The van der Waals surface area contributed by atoms with E-state index in [0.717, 1.165) is 5.56 Å². The van der Waals surface area contributed by atoms with Crippen LogP contribution in [-0.4, -0.2) is 33.1 Å². The molecular weight excluding hydrogens is 408 g/mol. The minimum atomic E-state index is -0.576. The molecule has 3 rings (SSSR count). The van der Waals surface area contributed by atoms with Crippen molar-refractivity contribution in [1.82, 2.24) is 19.8 Å². The second kappa shape index (κ2) is 7.90. The molecule has 0 aromatic carbocycles. The Labute approximate surface area is 178 Å². The van der Waals surface area contributed by atoms with Crippen LogP contribution in [-0.2, 0) is 16.2 Å². The zero-order valence-electron chi connectivity index (χ0n) is 18.4. The van der Waals surface area contributed by atoms with E-state index in [1.54, 1.807) is 11.6 Å². The Morgan fingerprint density at radius 3 is 2.23 bits per heavy atom. The summed E-state index contributed by atoms with van der Waals surface area (Å²) in [4.78, 5) is 12.0. The molecular formula is C20H28N4O5S. The molecule has 0 bridgehead atoms. The summed E-state index contributed by atoms with van der Waals surface area (Å²) in [5.74, 6) is 0.729. The van der Waals surface area contributed by atoms with E-state index in [4.69, 9.17) is 18.6 Å². The van der Waals surface area contributed by atoms with Crippen molar-refractivity contribution in [1.29, 1.82) is 0 Å². The molecule has 3 aromatic rings. The zero-order chi connectivity index (χ0) is 22.2. The average molecular weight is 437 g/mol. The third-order valence-corrected chi connectivity index (χ3v) is 5.54. The van der Waals surface area contributed by atoms with Crippen molar-refractivity contribution >= 4 is 11.5 Å². The van der Waals surface area contributed by atoms with Gasteiger partial charge in [-0.1, -0.05) is 65.2 Å². The van der Waals surface area contributed by atoms with Gasteiger partial charge in [-0.15, -0.1) is 0 Å². The van der Waals surface area contributed by atoms with Gasteiger partial charge >= 0.3 is 0 Å². The third kappa shape index (κ3) is 4.58. The van der Waals surface area contributed by atoms with Crippen LogP contribution in [0, 0.1) is 0 Å². The molecule has 0 atom stereocenters. The Hall–Kier alpha value is -2.62. The molecule has 1 N–H and O–H groups in total. The number of rotatable bonds is 8. The van der Waals surface area contributed by atoms with Crippen LogP contribution >= 0.6 is 11.5 Å². The summed E-state index contributed by atoms with van der Waals surface area (Å²) in [6.45, 7) is 14.5. The molecule has 3 heterocycles. The predicted octanol–water partition coefficient (Wildman–Crippen LogP) is 3.82. The first-order valence-corrected chi connectivity index (χ1v) is 10.5. The second-order valence-corrected chi connectivity index (χ2v) is 10.3. The fourth-order valence-corrected chi connectivity index (χ4v) is 3.70. The lowest BCUT2D eigenvalue weighted by Crippen LogP contribution is -2.32. The fraction of sp³-hybridized carbons (Fsp3) is 0.600. The maximum absolute atomic E-state index is 12.0. The molecule has 0 aliphatic rings. The molecule has 0 unspecified atom stereocenters. The molecule has 0 spiro atoms. The number of hydrogen-bond donors (Lipinski definition) is 1. The molecule has 3 aromatic heterocycles. The van der Waals surface area contributed by atoms with E-state index in [-0.39, 0.29) is 30.1 Å². The molecule has 0 saturated carbocycles. The molecule has 10 heteroatoms. The van der Waals surface area contributed by atoms with Gasteiger partial charge < -0.3 is 14.0 Å². The molecule has 30 heavy (non-hydrogen) atoms. The van der Waals surface area contributed by atoms with Crippen LogP contribution in [0.15, 0.2) is 25.6 Å². The second-order valence-electron chi connectivity index (χ2n) is 9.63. The normalized spacial score (nSPS) is 12.9. The molecule has 0 amide bonds. The van der Waals surface area contributed by atoms with Crippen LogP contribution in [0.5, 0.6) is 11.8 Å². The minimum Gasteiger partial charge on any atom is -0.474 e. The number of aromatic amines is 1. The van der Waals surface area contributed by atoms with E-state index in [2.05, 4.69) is 40.6 Å². The highest BCUT2D eigenvalue weighted by atomic mass is 32.1. The lowest BCUT2D eigenvalue weighted by molar-refractivity contribution is 0.199. The standard InChI is InChI=1S/C20H28N4O5S/c1-18(2,3)12-8-28-22-16(12)26-11-20(6,7)14-17(23-29-21-14)27-10-19(4,5)13-9-30-24-15(13)25/h8-9H,10-11H2,1-7H3,(H,24,25). The Balaban J connectivity index is 1.71. The molecule has 0 aliphatic heterocycles. The lowest BCUT2D eigenvalue weighted by Gasteiger charge is -2.25. The van der Waals surface area contributed by atoms with Crippen LogP contribution < -0.4 is 15.0 Å². The maximum atomic E-state index is 12.0. The van der Waals surface area contributed by atoms with Gasteiger partial charge in [0.25, 0.3) is 17.3 Å². The topological polar surface area (TPSA) is 116 Å². The number of H-pyrrole nitrogens is 1. The summed E-state index contributed by atoms with van der Waals surface area (Å²) in [6, 6.07) is 0. The number of ether oxygens (including phenoxy) is 2. The smallest absolute Gasteiger partial charge is 0.279 e. The van der Waals surface area contributed by atoms with Gasteiger partial charge in [0.05, 0.1) is 17.6 Å². The van der Waals surface area contributed by atoms with Crippen molar-refractivity contribution in [2.24, 2.45) is 0 Å². The van der Waals surface area contributed by atoms with Crippen molar-refractivity contribution in [3.05, 3.63) is 38.8 Å². The highest BCUT2D eigenvalue weighted by Gasteiger charge is 2.34. The monoisotopic (exact) mass is 436 g/mol. The van der Waals surface area contributed by atoms with E-state index in [1.165, 1.54) is 11.5 Å². The SMILES string of the molecule is CC(C)(C)c1conc1OCC(C)(C)c1nonc1OCC(C)(C)c1cs[nH]c1=O. The minimum absolute atomic E-state index is 0.108. The van der Waals surface area contributed by atoms with Gasteiger partial charge in [-0.3, -0.25) is 9.17 Å². The summed E-state index contributed by atoms with van der Waals surface area (Å²) >= 11 is 1.26. The number of nitrogens with zero attached hydrogens (tertiary/aromatic N) is 3. The number of hydrogen-bond acceptors (Lipinski definition) is 9. The van der Waals surface area contributed by atoms with Gasteiger partial charge in [0.2, 0.25) is 0 Å². The largest absolute Gasteiger partial charge is 0.474 e. The Morgan fingerprint density at radius 1 is 0.933 bits per heavy atom. The van der Waals surface area contributed by atoms with E-state index >= 15 is 0 Å². The first-order valence-electron chi connectivity index (χ1n) is 9.62. The molecule has 0 aliphatic carbocycles. The maximum Gasteiger partial charge on any atom is 0.279 e. The lowest BCUT2D eigenvalue weighted by atomic mass is 9.87. The predicted molar refractivity (Wildman–Crippen MR) is 111 cm³/mol. The van der Waals surface area contributed by atoms with E-state index < -0.39 is 10.8 Å². The summed E-state index contributed by atoms with van der Waals surface area (Å²) in [5, 5.41) is 13.7. The van der Waals surface area contributed by atoms with Crippen molar-refractivity contribution in [2.75, 3.05) is 13.2 Å². The quantitative estimate of drug-likeness (QED) is 0.566. The van der Waals surface area contributed by atoms with Gasteiger partial charge in [-0.05, 0) is 15.7 Å². The number of nitrogens with one attached hydrogen (secondary N) is 1. The molecule has 9 nitrogen and oxygen atoms in total. The highest BCUT2D eigenvalue weighted by Crippen LogP contribution is 2.34. The first-order chi connectivity index (χ1) is 13.9. The van der Waals surface area contributed by atoms with Crippen molar-refractivity contribution < 1.29 is 18.6 Å². The van der Waals surface area contributed by atoms with E-state index in [1.807, 2.05) is 27.7 Å². The Morgan fingerprint density at radius 2 is 1.60 bits per heavy atom. The summed E-state index contributed by atoms with van der Waals surface area (Å²) in [7, 11) is 0. The van der Waals surface area contributed by atoms with Crippen LogP contribution in [0.25, 0.3) is 0 Å². The van der Waals surface area contributed by atoms with Crippen molar-refractivity contribution in [2.45, 2.75) is 64.7 Å². The summed E-state index contributed by atoms with van der Waals surface area (Å²) < 4.78 is 24.6. The summed E-state index contributed by atoms with van der Waals surface area (Å²) in [6.07, 6.45) is 1.60. The van der Waals surface area contributed by atoms with Gasteiger partial charge in [0, 0.05) is 16.4 Å². The van der Waals surface area contributed by atoms with Gasteiger partial charge in [0.15, 0.2) is 5.69 Å². The number of aromatic nitrogens is 4. The zero-order valence-corrected chi connectivity index (χ0v) is 19.2. The molecule has 0 saturated heterocycles. The molecule has 0 radical (unpaired) electrons. The van der Waals surface area contributed by atoms with Crippen molar-refractivity contribution in [3.8, 4) is 11.8 Å². The fourth-order valence-electron chi connectivity index (χ4n) is 2.88. The van der Waals surface area contributed by atoms with Gasteiger partial charge in [-0.25, -0.2) is 4.63 Å². The van der Waals surface area contributed by atoms with Crippen LogP contribution in [0.1, 0.15) is 65.3 Å². The Kier molecular flexibility index (Phi) is 5.81. The third-order valence-electron chi connectivity index (χ3n) is 4.89. The van der Waals surface area contributed by atoms with E-state index in [9.17, 15) is 4.79 Å². The van der Waals surface area contributed by atoms with Gasteiger partial charge in [0.1, 0.15) is 12.9 Å². The van der Waals surface area contributed by atoms with Gasteiger partial charge in [-0.2, -0.15) is 0 Å². The van der Waals surface area contributed by atoms with Crippen molar-refractivity contribution in [3.63, 3.8) is 0 Å².